The van der Waals surface area contributed by atoms with Crippen LogP contribution in [0.15, 0.2) is 103 Å². The van der Waals surface area contributed by atoms with Crippen LogP contribution in [0.5, 0.6) is 0 Å². The highest BCUT2D eigenvalue weighted by Crippen LogP contribution is 2.21. The minimum absolute atomic E-state index is 0.0836. The lowest BCUT2D eigenvalue weighted by atomic mass is 9.99. The molecule has 5 aromatic rings. The number of amides is 4. The molecule has 0 aliphatic rings. The van der Waals surface area contributed by atoms with Crippen LogP contribution in [-0.2, 0) is 43.2 Å². The van der Waals surface area contributed by atoms with E-state index in [1.807, 2.05) is 97.1 Å². The first-order chi connectivity index (χ1) is 27.1. The third-order valence-electron chi connectivity index (χ3n) is 9.92. The number of nitrogens with two attached hydrogens (primary N) is 2. The minimum Gasteiger partial charge on any atom is -0.361 e. The molecule has 1 heterocycles. The number of hydrogen-bond acceptors (Lipinski definition) is 7. The van der Waals surface area contributed by atoms with Gasteiger partial charge in [-0.15, -0.1) is 0 Å². The molecule has 0 bridgehead atoms. The van der Waals surface area contributed by atoms with Gasteiger partial charge in [0.05, 0.1) is 6.04 Å². The van der Waals surface area contributed by atoms with Crippen molar-refractivity contribution in [1.82, 2.24) is 26.3 Å². The number of aromatic nitrogens is 1. The summed E-state index contributed by atoms with van der Waals surface area (Å²) in [5.41, 5.74) is 14.6. The second-order valence-corrected chi connectivity index (χ2v) is 14.2. The maximum Gasteiger partial charge on any atom is 0.243 e. The maximum absolute atomic E-state index is 14.5. The van der Waals surface area contributed by atoms with Gasteiger partial charge in [0.2, 0.25) is 23.6 Å². The molecule has 0 saturated carbocycles. The van der Waals surface area contributed by atoms with E-state index in [4.69, 9.17) is 11.5 Å². The van der Waals surface area contributed by atoms with Gasteiger partial charge >= 0.3 is 0 Å². The van der Waals surface area contributed by atoms with Crippen LogP contribution in [0.3, 0.4) is 0 Å². The fraction of sp³-hybridized carbons (Fsp3) is 0.341. The molecule has 12 heteroatoms. The van der Waals surface area contributed by atoms with Crippen LogP contribution in [0.4, 0.5) is 0 Å². The Morgan fingerprint density at radius 1 is 0.589 bits per heavy atom. The van der Waals surface area contributed by atoms with Gasteiger partial charge in [-0.1, -0.05) is 91.0 Å². The Balaban J connectivity index is 1.44. The zero-order valence-corrected chi connectivity index (χ0v) is 31.9. The van der Waals surface area contributed by atoms with E-state index in [2.05, 4.69) is 26.3 Å². The van der Waals surface area contributed by atoms with Crippen LogP contribution in [0.1, 0.15) is 55.7 Å². The molecule has 0 radical (unpaired) electrons. The van der Waals surface area contributed by atoms with Crippen molar-refractivity contribution in [2.24, 2.45) is 11.5 Å². The average molecular weight is 760 g/mol. The van der Waals surface area contributed by atoms with Crippen LogP contribution < -0.4 is 32.7 Å². The van der Waals surface area contributed by atoms with Gasteiger partial charge in [0, 0.05) is 42.8 Å². The van der Waals surface area contributed by atoms with Gasteiger partial charge in [-0.25, -0.2) is 0 Å². The van der Waals surface area contributed by atoms with Crippen LogP contribution in [0, 0.1) is 0 Å². The number of nitrogens with one attached hydrogen (secondary N) is 5. The molecule has 1 aromatic heterocycles. The lowest BCUT2D eigenvalue weighted by molar-refractivity contribution is -0.134. The van der Waals surface area contributed by atoms with Crippen molar-refractivity contribution in [3.63, 3.8) is 0 Å². The van der Waals surface area contributed by atoms with Crippen LogP contribution in [-0.4, -0.2) is 71.7 Å². The van der Waals surface area contributed by atoms with Crippen molar-refractivity contribution < 1.29 is 24.0 Å². The lowest BCUT2D eigenvalue weighted by Gasteiger charge is -2.26. The molecule has 0 spiro atoms. The molecule has 0 aliphatic carbocycles. The lowest BCUT2D eigenvalue weighted by Crippen LogP contribution is -2.59. The first-order valence-electron chi connectivity index (χ1n) is 19.3. The molecule has 4 aromatic carbocycles. The molecule has 12 nitrogen and oxygen atoms in total. The van der Waals surface area contributed by atoms with Crippen molar-refractivity contribution in [1.29, 1.82) is 0 Å². The number of benzene rings is 4. The molecule has 9 N–H and O–H groups in total. The van der Waals surface area contributed by atoms with Crippen LogP contribution >= 0.6 is 0 Å². The highest BCUT2D eigenvalue weighted by atomic mass is 16.2. The van der Waals surface area contributed by atoms with E-state index in [-0.39, 0.29) is 37.4 Å². The largest absolute Gasteiger partial charge is 0.361 e. The maximum atomic E-state index is 14.5. The third-order valence-corrected chi connectivity index (χ3v) is 9.92. The van der Waals surface area contributed by atoms with Crippen LogP contribution in [0.2, 0.25) is 0 Å². The molecular formula is C44H53N7O5. The quantitative estimate of drug-likeness (QED) is 0.0553. The summed E-state index contributed by atoms with van der Waals surface area (Å²) in [5, 5.41) is 14.5. The fourth-order valence-corrected chi connectivity index (χ4v) is 6.82. The number of unbranched alkanes of at least 4 members (excludes halogenated alkanes) is 1. The molecule has 0 saturated heterocycles. The summed E-state index contributed by atoms with van der Waals surface area (Å²) >= 11 is 0. The fourth-order valence-electron chi connectivity index (χ4n) is 6.82. The monoisotopic (exact) mass is 759 g/mol. The zero-order chi connectivity index (χ0) is 39.9. The highest BCUT2D eigenvalue weighted by Gasteiger charge is 2.32. The Morgan fingerprint density at radius 2 is 1.18 bits per heavy atom. The SMILES string of the molecule is CC(=O)C(CCCCN)NC(=O)C(Cc1ccccc1)NC(=O)C(Cc1c[nH]c2ccccc12)NC(=O)C(Cc1ccc2ccccc2c1)NC(=O)CCCN. The molecule has 5 rings (SSSR count). The Morgan fingerprint density at radius 3 is 1.88 bits per heavy atom. The average Bonchev–Trinajstić information content (AvgIpc) is 3.61. The summed E-state index contributed by atoms with van der Waals surface area (Å²) in [7, 11) is 0. The van der Waals surface area contributed by atoms with Gasteiger partial charge in [0.25, 0.3) is 0 Å². The normalized spacial score (nSPS) is 13.3. The first kappa shape index (κ1) is 41.3. The molecule has 4 amide bonds. The number of para-hydroxylation sites is 1. The number of fused-ring (bicyclic) bond motifs is 2. The number of aromatic amines is 1. The Kier molecular flexibility index (Phi) is 15.3. The zero-order valence-electron chi connectivity index (χ0n) is 31.9. The molecule has 294 valence electrons. The third kappa shape index (κ3) is 11.8. The Labute approximate surface area is 327 Å². The topological polar surface area (TPSA) is 201 Å². The second-order valence-electron chi connectivity index (χ2n) is 14.2. The summed E-state index contributed by atoms with van der Waals surface area (Å²) in [6.45, 7) is 2.21. The van der Waals surface area contributed by atoms with Crippen LogP contribution in [0.25, 0.3) is 21.7 Å². The number of ketones is 1. The van der Waals surface area contributed by atoms with E-state index in [1.54, 1.807) is 6.20 Å². The first-order valence-corrected chi connectivity index (χ1v) is 19.3. The van der Waals surface area contributed by atoms with E-state index in [0.29, 0.717) is 38.8 Å². The van der Waals surface area contributed by atoms with E-state index in [1.165, 1.54) is 6.92 Å². The van der Waals surface area contributed by atoms with E-state index >= 15 is 0 Å². The molecule has 0 fully saturated rings. The molecule has 4 atom stereocenters. The van der Waals surface area contributed by atoms with Crippen molar-refractivity contribution >= 4 is 51.1 Å². The summed E-state index contributed by atoms with van der Waals surface area (Å²) in [6.07, 6.45) is 4.55. The van der Waals surface area contributed by atoms with Gasteiger partial charge in [-0.2, -0.15) is 0 Å². The van der Waals surface area contributed by atoms with Crippen molar-refractivity contribution in [3.8, 4) is 0 Å². The number of carbonyl (C=O) groups is 5. The molecule has 56 heavy (non-hydrogen) atoms. The van der Waals surface area contributed by atoms with Gasteiger partial charge < -0.3 is 37.7 Å². The number of hydrogen-bond donors (Lipinski definition) is 7. The number of Topliss-reactive ketones (excluding diaryl/α,β-unsaturated/α-hetero) is 1. The molecule has 0 aliphatic heterocycles. The van der Waals surface area contributed by atoms with Gasteiger partial charge in [-0.3, -0.25) is 24.0 Å². The van der Waals surface area contributed by atoms with E-state index < -0.39 is 41.9 Å². The smallest absolute Gasteiger partial charge is 0.243 e. The van der Waals surface area contributed by atoms with Crippen molar-refractivity contribution in [2.45, 2.75) is 82.5 Å². The molecule has 4 unspecified atom stereocenters. The summed E-state index contributed by atoms with van der Waals surface area (Å²) in [5.74, 6) is -2.20. The Bertz CT molecular complexity index is 2100. The van der Waals surface area contributed by atoms with Crippen molar-refractivity contribution in [3.05, 3.63) is 120 Å². The molecular weight excluding hydrogens is 707 g/mol. The van der Waals surface area contributed by atoms with Gasteiger partial charge in [-0.05, 0) is 79.2 Å². The van der Waals surface area contributed by atoms with E-state index in [9.17, 15) is 24.0 Å². The predicted octanol–water partition coefficient (Wildman–Crippen LogP) is 3.75. The number of rotatable bonds is 21. The van der Waals surface area contributed by atoms with Gasteiger partial charge in [0.1, 0.15) is 18.1 Å². The second kappa shape index (κ2) is 20.7. The predicted molar refractivity (Wildman–Crippen MR) is 219 cm³/mol. The summed E-state index contributed by atoms with van der Waals surface area (Å²) < 4.78 is 0. The highest BCUT2D eigenvalue weighted by molar-refractivity contribution is 5.96. The van der Waals surface area contributed by atoms with Crippen molar-refractivity contribution in [2.75, 3.05) is 13.1 Å². The van der Waals surface area contributed by atoms with E-state index in [0.717, 1.165) is 38.4 Å². The summed E-state index contributed by atoms with van der Waals surface area (Å²) in [6, 6.07) is 26.6. The number of carbonyl (C=O) groups excluding carboxylic acids is 5. The standard InChI is InChI=1S/C44H53N7O5/c1-29(52)36(17-9-10-22-45)49-43(55)39(25-30-12-3-2-4-13-30)50-44(56)40(27-34-28-47-37-18-8-7-16-35(34)37)51-42(54)38(48-41(53)19-11-23-46)26-31-20-21-32-14-5-6-15-33(32)24-31/h2-8,12-16,18,20-21,24,28,36,38-40,47H,9-11,17,19,22-23,25-27,45-46H2,1H3,(H,48,53)(H,49,55)(H,50,56)(H,51,54). The summed E-state index contributed by atoms with van der Waals surface area (Å²) in [4.78, 5) is 71.6. The van der Waals surface area contributed by atoms with Gasteiger partial charge in [0.15, 0.2) is 5.78 Å². The number of H-pyrrole nitrogens is 1. The Hall–Kier alpha value is -5.85. The minimum atomic E-state index is -1.15.